The fraction of sp³-hybridized carbons (Fsp3) is 0.462. The molecule has 0 saturated heterocycles. The van der Waals surface area contributed by atoms with Gasteiger partial charge in [-0.25, -0.2) is 0 Å². The van der Waals surface area contributed by atoms with Crippen molar-refractivity contribution in [2.75, 3.05) is 11.5 Å². The van der Waals surface area contributed by atoms with Crippen molar-refractivity contribution in [2.45, 2.75) is 24.5 Å². The second kappa shape index (κ2) is 8.61. The molecule has 2 nitrogen and oxygen atoms in total. The van der Waals surface area contributed by atoms with Crippen molar-refractivity contribution in [1.29, 1.82) is 0 Å². The molecule has 0 aromatic heterocycles. The Bertz CT molecular complexity index is 344. The van der Waals surface area contributed by atoms with Crippen LogP contribution in [0.1, 0.15) is 18.1 Å². The van der Waals surface area contributed by atoms with Gasteiger partial charge in [0.1, 0.15) is 6.29 Å². The molecule has 0 bridgehead atoms. The summed E-state index contributed by atoms with van der Waals surface area (Å²) in [6.07, 6.45) is 0.811. The molecule has 1 aromatic rings. The summed E-state index contributed by atoms with van der Waals surface area (Å²) >= 11 is 3.65. The SMILES string of the molecule is CCSCc1ccccc1CSCC(N)C=O. The summed E-state index contributed by atoms with van der Waals surface area (Å²) in [6, 6.07) is 8.15. The van der Waals surface area contributed by atoms with Gasteiger partial charge in [0, 0.05) is 17.3 Å². The van der Waals surface area contributed by atoms with Gasteiger partial charge in [0.25, 0.3) is 0 Å². The van der Waals surface area contributed by atoms with Gasteiger partial charge in [0.05, 0.1) is 6.04 Å². The highest BCUT2D eigenvalue weighted by molar-refractivity contribution is 7.98. The quantitative estimate of drug-likeness (QED) is 0.737. The van der Waals surface area contributed by atoms with E-state index in [0.29, 0.717) is 5.75 Å². The highest BCUT2D eigenvalue weighted by atomic mass is 32.2. The largest absolute Gasteiger partial charge is 0.321 e. The van der Waals surface area contributed by atoms with Crippen molar-refractivity contribution < 1.29 is 4.79 Å². The second-order valence-electron chi connectivity index (χ2n) is 3.72. The van der Waals surface area contributed by atoms with Crippen molar-refractivity contribution in [3.8, 4) is 0 Å². The van der Waals surface area contributed by atoms with E-state index in [1.54, 1.807) is 11.8 Å². The first-order valence-corrected chi connectivity index (χ1v) is 8.02. The topological polar surface area (TPSA) is 43.1 Å². The van der Waals surface area contributed by atoms with Crippen molar-refractivity contribution in [2.24, 2.45) is 5.73 Å². The summed E-state index contributed by atoms with van der Waals surface area (Å²) in [4.78, 5) is 10.4. The highest BCUT2D eigenvalue weighted by Gasteiger charge is 2.04. The lowest BCUT2D eigenvalue weighted by atomic mass is 10.1. The number of benzene rings is 1. The summed E-state index contributed by atoms with van der Waals surface area (Å²) in [5.41, 5.74) is 8.32. The Kier molecular flexibility index (Phi) is 7.40. The van der Waals surface area contributed by atoms with Gasteiger partial charge in [-0.15, -0.1) is 0 Å². The van der Waals surface area contributed by atoms with Gasteiger partial charge in [-0.3, -0.25) is 0 Å². The predicted molar refractivity (Wildman–Crippen MR) is 78.5 cm³/mol. The lowest BCUT2D eigenvalue weighted by Gasteiger charge is -2.09. The van der Waals surface area contributed by atoms with Crippen LogP contribution in [-0.4, -0.2) is 23.8 Å². The fourth-order valence-corrected chi connectivity index (χ4v) is 3.07. The van der Waals surface area contributed by atoms with Crippen LogP contribution in [0.2, 0.25) is 0 Å². The zero-order valence-corrected chi connectivity index (χ0v) is 11.7. The van der Waals surface area contributed by atoms with Crippen LogP contribution >= 0.6 is 23.5 Å². The number of aldehydes is 1. The summed E-state index contributed by atoms with van der Waals surface area (Å²) in [6.45, 7) is 2.17. The van der Waals surface area contributed by atoms with Gasteiger partial charge in [0.2, 0.25) is 0 Å². The van der Waals surface area contributed by atoms with E-state index >= 15 is 0 Å². The molecule has 1 atom stereocenters. The Balaban J connectivity index is 2.48. The van der Waals surface area contributed by atoms with Gasteiger partial charge in [-0.1, -0.05) is 31.2 Å². The van der Waals surface area contributed by atoms with Crippen LogP contribution in [-0.2, 0) is 16.3 Å². The average molecular weight is 269 g/mol. The number of rotatable bonds is 8. The van der Waals surface area contributed by atoms with E-state index in [-0.39, 0.29) is 6.04 Å². The van der Waals surface area contributed by atoms with Crippen molar-refractivity contribution in [1.82, 2.24) is 0 Å². The first-order chi connectivity index (χ1) is 8.27. The maximum Gasteiger partial charge on any atom is 0.137 e. The molecule has 0 fully saturated rings. The maximum atomic E-state index is 10.4. The summed E-state index contributed by atoms with van der Waals surface area (Å²) in [7, 11) is 0. The molecule has 4 heteroatoms. The van der Waals surface area contributed by atoms with Gasteiger partial charge in [-0.2, -0.15) is 23.5 Å². The molecule has 1 aromatic carbocycles. The van der Waals surface area contributed by atoms with Crippen molar-refractivity contribution in [3.05, 3.63) is 35.4 Å². The predicted octanol–water partition coefficient (Wildman–Crippen LogP) is 2.70. The molecule has 0 aliphatic rings. The van der Waals surface area contributed by atoms with E-state index < -0.39 is 0 Å². The molecule has 0 spiro atoms. The zero-order valence-electron chi connectivity index (χ0n) is 10.1. The first kappa shape index (κ1) is 14.6. The number of carbonyl (C=O) groups excluding carboxylic acids is 1. The molecule has 2 N–H and O–H groups in total. The maximum absolute atomic E-state index is 10.4. The molecular weight excluding hydrogens is 250 g/mol. The molecule has 0 radical (unpaired) electrons. The van der Waals surface area contributed by atoms with Crippen LogP contribution in [0.4, 0.5) is 0 Å². The minimum atomic E-state index is -0.336. The minimum Gasteiger partial charge on any atom is -0.321 e. The fourth-order valence-electron chi connectivity index (χ4n) is 1.40. The first-order valence-electron chi connectivity index (χ1n) is 5.71. The number of hydrogen-bond acceptors (Lipinski definition) is 4. The van der Waals surface area contributed by atoms with Crippen LogP contribution in [0.3, 0.4) is 0 Å². The summed E-state index contributed by atoms with van der Waals surface area (Å²) in [5.74, 6) is 3.82. The normalized spacial score (nSPS) is 12.4. The average Bonchev–Trinajstić information content (AvgIpc) is 2.37. The van der Waals surface area contributed by atoms with E-state index in [2.05, 4.69) is 31.2 Å². The van der Waals surface area contributed by atoms with Gasteiger partial charge in [0.15, 0.2) is 0 Å². The highest BCUT2D eigenvalue weighted by Crippen LogP contribution is 2.21. The summed E-state index contributed by atoms with van der Waals surface area (Å²) < 4.78 is 0. The standard InChI is InChI=1S/C13H19NOS2/c1-2-16-8-11-5-3-4-6-12(11)9-17-10-13(14)7-15/h3-7,13H,2,8-10,14H2,1H3. The molecular formula is C13H19NOS2. The molecule has 94 valence electrons. The van der Waals surface area contributed by atoms with Gasteiger partial charge >= 0.3 is 0 Å². The van der Waals surface area contributed by atoms with E-state index in [4.69, 9.17) is 5.73 Å². The summed E-state index contributed by atoms with van der Waals surface area (Å²) in [5, 5.41) is 0. The molecule has 0 saturated carbocycles. The Morgan fingerprint density at radius 3 is 2.35 bits per heavy atom. The van der Waals surface area contributed by atoms with E-state index in [9.17, 15) is 4.79 Å². The number of hydrogen-bond donors (Lipinski definition) is 1. The lowest BCUT2D eigenvalue weighted by Crippen LogP contribution is -2.24. The Hall–Kier alpha value is -0.450. The van der Waals surface area contributed by atoms with Crippen LogP contribution in [0.25, 0.3) is 0 Å². The molecule has 0 amide bonds. The van der Waals surface area contributed by atoms with Gasteiger partial charge in [-0.05, 0) is 16.9 Å². The Morgan fingerprint density at radius 1 is 1.24 bits per heavy atom. The zero-order chi connectivity index (χ0) is 12.5. The van der Waals surface area contributed by atoms with Crippen LogP contribution in [0.5, 0.6) is 0 Å². The third kappa shape index (κ3) is 5.61. The number of nitrogens with two attached hydrogens (primary N) is 1. The second-order valence-corrected chi connectivity index (χ2v) is 6.03. The molecule has 0 aliphatic carbocycles. The van der Waals surface area contributed by atoms with Crippen molar-refractivity contribution in [3.63, 3.8) is 0 Å². The Morgan fingerprint density at radius 2 is 1.82 bits per heavy atom. The smallest absolute Gasteiger partial charge is 0.137 e. The van der Waals surface area contributed by atoms with Gasteiger partial charge < -0.3 is 10.5 Å². The van der Waals surface area contributed by atoms with Crippen molar-refractivity contribution >= 4 is 29.8 Å². The number of thioether (sulfide) groups is 2. The third-order valence-corrected chi connectivity index (χ3v) is 4.38. The molecule has 1 unspecified atom stereocenters. The van der Waals surface area contributed by atoms with Crippen LogP contribution in [0.15, 0.2) is 24.3 Å². The van der Waals surface area contributed by atoms with E-state index in [1.807, 2.05) is 11.8 Å². The van der Waals surface area contributed by atoms with Crippen LogP contribution < -0.4 is 5.73 Å². The van der Waals surface area contributed by atoms with Crippen LogP contribution in [0, 0.1) is 0 Å². The lowest BCUT2D eigenvalue weighted by molar-refractivity contribution is -0.108. The van der Waals surface area contributed by atoms with E-state index in [0.717, 1.165) is 23.5 Å². The third-order valence-electron chi connectivity index (χ3n) is 2.32. The minimum absolute atomic E-state index is 0.336. The molecule has 17 heavy (non-hydrogen) atoms. The molecule has 0 aliphatic heterocycles. The molecule has 1 rings (SSSR count). The molecule has 0 heterocycles. The van der Waals surface area contributed by atoms with E-state index in [1.165, 1.54) is 11.1 Å². The Labute approximate surface area is 112 Å². The number of carbonyl (C=O) groups is 1. The monoisotopic (exact) mass is 269 g/mol.